The Hall–Kier alpha value is -3.35. The summed E-state index contributed by atoms with van der Waals surface area (Å²) in [4.78, 5) is 27.3. The first kappa shape index (κ1) is 19.4. The van der Waals surface area contributed by atoms with Crippen LogP contribution in [-0.2, 0) is 15.7 Å². The highest BCUT2D eigenvalue weighted by molar-refractivity contribution is 6.10. The van der Waals surface area contributed by atoms with Crippen LogP contribution in [0.15, 0.2) is 54.6 Å². The molecule has 0 aliphatic heterocycles. The van der Waals surface area contributed by atoms with Gasteiger partial charge >= 0.3 is 12.1 Å². The number of H-pyrrole nitrogens is 1. The quantitative estimate of drug-likeness (QED) is 0.383. The number of aromatic nitrogens is 1. The fourth-order valence-electron chi connectivity index (χ4n) is 2.88. The molecule has 144 valence electrons. The van der Waals surface area contributed by atoms with Crippen LogP contribution in [0, 0.1) is 6.92 Å². The standard InChI is InChI=1S/C21H16F3NO3/c1-13-20(16-7-2-3-8-17(16)25-13)18(26)12-28-19(27)10-9-14-5-4-6-15(11-14)21(22,23)24/h2-11,25H,12H2,1H3/b10-9+. The normalized spacial score (nSPS) is 11.9. The number of carbonyl (C=O) groups is 2. The lowest BCUT2D eigenvalue weighted by Gasteiger charge is -2.06. The van der Waals surface area contributed by atoms with Gasteiger partial charge in [-0.15, -0.1) is 0 Å². The minimum atomic E-state index is -4.46. The van der Waals surface area contributed by atoms with Gasteiger partial charge in [-0.2, -0.15) is 13.2 Å². The number of ketones is 1. The summed E-state index contributed by atoms with van der Waals surface area (Å²) in [7, 11) is 0. The van der Waals surface area contributed by atoms with Crippen molar-refractivity contribution in [3.63, 3.8) is 0 Å². The van der Waals surface area contributed by atoms with Crippen LogP contribution in [0.2, 0.25) is 0 Å². The predicted octanol–water partition coefficient (Wildman–Crippen LogP) is 4.93. The topological polar surface area (TPSA) is 59.2 Å². The molecule has 1 N–H and O–H groups in total. The number of benzene rings is 2. The van der Waals surface area contributed by atoms with Crippen LogP contribution >= 0.6 is 0 Å². The largest absolute Gasteiger partial charge is 0.454 e. The minimum absolute atomic E-state index is 0.200. The third kappa shape index (κ3) is 4.31. The summed E-state index contributed by atoms with van der Waals surface area (Å²) in [6.07, 6.45) is -2.27. The maximum Gasteiger partial charge on any atom is 0.416 e. The summed E-state index contributed by atoms with van der Waals surface area (Å²) in [6.45, 7) is 1.29. The Labute approximate surface area is 158 Å². The molecule has 1 heterocycles. The summed E-state index contributed by atoms with van der Waals surface area (Å²) in [5, 5.41) is 0.737. The first-order chi connectivity index (χ1) is 13.3. The maximum absolute atomic E-state index is 12.7. The zero-order chi connectivity index (χ0) is 20.3. The Kier molecular flexibility index (Phi) is 5.35. The Morgan fingerprint density at radius 3 is 2.61 bits per heavy atom. The van der Waals surface area contributed by atoms with Gasteiger partial charge in [0.15, 0.2) is 6.61 Å². The Bertz CT molecular complexity index is 1060. The second-order valence-corrected chi connectivity index (χ2v) is 6.16. The molecule has 0 radical (unpaired) electrons. The number of fused-ring (bicyclic) bond motifs is 1. The van der Waals surface area contributed by atoms with Crippen LogP contribution in [0.5, 0.6) is 0 Å². The summed E-state index contributed by atoms with van der Waals surface area (Å²) in [5.74, 6) is -1.18. The summed E-state index contributed by atoms with van der Waals surface area (Å²) in [6, 6.07) is 11.8. The highest BCUT2D eigenvalue weighted by Crippen LogP contribution is 2.29. The third-order valence-electron chi connectivity index (χ3n) is 4.14. The Balaban J connectivity index is 1.65. The van der Waals surface area contributed by atoms with E-state index in [1.807, 2.05) is 12.1 Å². The first-order valence-corrected chi connectivity index (χ1v) is 8.38. The van der Waals surface area contributed by atoms with Gasteiger partial charge in [0.05, 0.1) is 5.56 Å². The van der Waals surface area contributed by atoms with E-state index < -0.39 is 24.3 Å². The number of aromatic amines is 1. The molecule has 0 bridgehead atoms. The number of halogens is 3. The number of aryl methyl sites for hydroxylation is 1. The Morgan fingerprint density at radius 2 is 1.86 bits per heavy atom. The molecule has 0 saturated carbocycles. The number of para-hydroxylation sites is 1. The minimum Gasteiger partial charge on any atom is -0.454 e. The van der Waals surface area contributed by atoms with Crippen LogP contribution < -0.4 is 0 Å². The van der Waals surface area contributed by atoms with Crippen molar-refractivity contribution < 1.29 is 27.5 Å². The monoisotopic (exact) mass is 387 g/mol. The van der Waals surface area contributed by atoms with Crippen molar-refractivity contribution in [3.8, 4) is 0 Å². The molecular weight excluding hydrogens is 371 g/mol. The lowest BCUT2D eigenvalue weighted by Crippen LogP contribution is -2.13. The number of alkyl halides is 3. The molecule has 0 aliphatic rings. The van der Waals surface area contributed by atoms with Gasteiger partial charge in [0.25, 0.3) is 0 Å². The molecule has 3 aromatic rings. The number of nitrogens with one attached hydrogen (secondary N) is 1. The van der Waals surface area contributed by atoms with E-state index in [2.05, 4.69) is 4.98 Å². The SMILES string of the molecule is Cc1[nH]c2ccccc2c1C(=O)COC(=O)/C=C/c1cccc(C(F)(F)F)c1. The van der Waals surface area contributed by atoms with E-state index in [9.17, 15) is 22.8 Å². The molecule has 0 atom stereocenters. The molecule has 2 aromatic carbocycles. The fourth-order valence-corrected chi connectivity index (χ4v) is 2.88. The van der Waals surface area contributed by atoms with E-state index in [4.69, 9.17) is 4.74 Å². The number of hydrogen-bond donors (Lipinski definition) is 1. The zero-order valence-electron chi connectivity index (χ0n) is 14.8. The van der Waals surface area contributed by atoms with Crippen LogP contribution in [0.4, 0.5) is 13.2 Å². The van der Waals surface area contributed by atoms with Gasteiger partial charge in [-0.3, -0.25) is 4.79 Å². The third-order valence-corrected chi connectivity index (χ3v) is 4.14. The van der Waals surface area contributed by atoms with Crippen LogP contribution in [0.3, 0.4) is 0 Å². The van der Waals surface area contributed by atoms with Crippen molar-refractivity contribution in [2.45, 2.75) is 13.1 Å². The van der Waals surface area contributed by atoms with Crippen molar-refractivity contribution >= 4 is 28.7 Å². The molecule has 4 nitrogen and oxygen atoms in total. The van der Waals surface area contributed by atoms with Gasteiger partial charge < -0.3 is 9.72 Å². The van der Waals surface area contributed by atoms with Crippen molar-refractivity contribution in [2.24, 2.45) is 0 Å². The molecule has 3 rings (SSSR count). The molecular formula is C21H16F3NO3. The summed E-state index contributed by atoms with van der Waals surface area (Å²) >= 11 is 0. The smallest absolute Gasteiger partial charge is 0.416 e. The number of ether oxygens (including phenoxy) is 1. The number of hydrogen-bond acceptors (Lipinski definition) is 3. The summed E-state index contributed by atoms with van der Waals surface area (Å²) < 4.78 is 43.0. The average Bonchev–Trinajstić information content (AvgIpc) is 2.99. The van der Waals surface area contributed by atoms with Crippen molar-refractivity contribution in [1.29, 1.82) is 0 Å². The fraction of sp³-hybridized carbons (Fsp3) is 0.143. The van der Waals surface area contributed by atoms with Gasteiger partial charge in [0.2, 0.25) is 5.78 Å². The van der Waals surface area contributed by atoms with E-state index in [1.165, 1.54) is 18.2 Å². The van der Waals surface area contributed by atoms with Gasteiger partial charge in [-0.25, -0.2) is 4.79 Å². The number of carbonyl (C=O) groups excluding carboxylic acids is 2. The molecule has 7 heteroatoms. The first-order valence-electron chi connectivity index (χ1n) is 8.38. The van der Waals surface area contributed by atoms with Gasteiger partial charge in [-0.1, -0.05) is 30.3 Å². The Morgan fingerprint density at radius 1 is 1.11 bits per heavy atom. The second kappa shape index (κ2) is 7.72. The molecule has 0 spiro atoms. The number of Topliss-reactive ketones (excluding diaryl/α,β-unsaturated/α-hetero) is 1. The molecule has 0 amide bonds. The predicted molar refractivity (Wildman–Crippen MR) is 98.8 cm³/mol. The number of esters is 1. The van der Waals surface area contributed by atoms with Crippen molar-refractivity contribution in [1.82, 2.24) is 4.98 Å². The van der Waals surface area contributed by atoms with Crippen LogP contribution in [0.25, 0.3) is 17.0 Å². The van der Waals surface area contributed by atoms with E-state index in [0.717, 1.165) is 29.1 Å². The van der Waals surface area contributed by atoms with Gasteiger partial charge in [-0.05, 0) is 36.8 Å². The molecule has 0 unspecified atom stereocenters. The van der Waals surface area contributed by atoms with Gasteiger partial charge in [0, 0.05) is 28.2 Å². The maximum atomic E-state index is 12.7. The van der Waals surface area contributed by atoms with E-state index in [1.54, 1.807) is 19.1 Å². The van der Waals surface area contributed by atoms with E-state index in [-0.39, 0.29) is 11.3 Å². The van der Waals surface area contributed by atoms with Crippen molar-refractivity contribution in [2.75, 3.05) is 6.61 Å². The highest BCUT2D eigenvalue weighted by atomic mass is 19.4. The summed E-state index contributed by atoms with van der Waals surface area (Å²) in [5.41, 5.74) is 1.31. The van der Waals surface area contributed by atoms with Gasteiger partial charge in [0.1, 0.15) is 0 Å². The van der Waals surface area contributed by atoms with Crippen molar-refractivity contribution in [3.05, 3.63) is 77.0 Å². The second-order valence-electron chi connectivity index (χ2n) is 6.16. The zero-order valence-corrected chi connectivity index (χ0v) is 14.8. The molecule has 0 aliphatic carbocycles. The molecule has 0 saturated heterocycles. The number of rotatable bonds is 5. The lowest BCUT2D eigenvalue weighted by molar-refractivity contribution is -0.138. The van der Waals surface area contributed by atoms with Crippen LogP contribution in [0.1, 0.15) is 27.2 Å². The average molecular weight is 387 g/mol. The lowest BCUT2D eigenvalue weighted by atomic mass is 10.1. The van der Waals surface area contributed by atoms with E-state index in [0.29, 0.717) is 11.3 Å². The van der Waals surface area contributed by atoms with E-state index >= 15 is 0 Å². The molecule has 1 aromatic heterocycles. The molecule has 28 heavy (non-hydrogen) atoms. The highest BCUT2D eigenvalue weighted by Gasteiger charge is 2.30. The van der Waals surface area contributed by atoms with Crippen LogP contribution in [-0.4, -0.2) is 23.3 Å². The molecule has 0 fully saturated rings.